The molecular formula is C19H24N2O2. The van der Waals surface area contributed by atoms with Gasteiger partial charge in [0.2, 0.25) is 5.91 Å². The largest absolute Gasteiger partial charge is 0.494 e. The van der Waals surface area contributed by atoms with Crippen molar-refractivity contribution in [2.24, 2.45) is 0 Å². The highest BCUT2D eigenvalue weighted by Crippen LogP contribution is 2.20. The van der Waals surface area contributed by atoms with Crippen LogP contribution >= 0.6 is 0 Å². The standard InChI is InChI=1S/C19H24N2O2/c1-3-12-21(19(22)11-15-20-13-7-8-14-20)16-17-9-5-6-10-18(17)23-4-2/h3,5-10,13-14H,1,4,11-12,15-16H2,2H3. The van der Waals surface area contributed by atoms with Gasteiger partial charge in [-0.25, -0.2) is 0 Å². The molecule has 1 aromatic carbocycles. The lowest BCUT2D eigenvalue weighted by atomic mass is 10.1. The van der Waals surface area contributed by atoms with Crippen molar-refractivity contribution in [3.63, 3.8) is 0 Å². The van der Waals surface area contributed by atoms with E-state index in [4.69, 9.17) is 4.74 Å². The van der Waals surface area contributed by atoms with Gasteiger partial charge in [0.05, 0.1) is 6.61 Å². The van der Waals surface area contributed by atoms with Gasteiger partial charge in [-0.2, -0.15) is 0 Å². The number of benzene rings is 1. The second-order valence-corrected chi connectivity index (χ2v) is 5.27. The predicted molar refractivity (Wildman–Crippen MR) is 92.3 cm³/mol. The van der Waals surface area contributed by atoms with Crippen molar-refractivity contribution in [2.45, 2.75) is 26.4 Å². The van der Waals surface area contributed by atoms with Crippen LogP contribution in [0.3, 0.4) is 0 Å². The van der Waals surface area contributed by atoms with Gasteiger partial charge in [0, 0.05) is 44.0 Å². The fourth-order valence-corrected chi connectivity index (χ4v) is 2.45. The molecule has 0 saturated heterocycles. The van der Waals surface area contributed by atoms with Gasteiger partial charge in [0.25, 0.3) is 0 Å². The van der Waals surface area contributed by atoms with E-state index in [2.05, 4.69) is 6.58 Å². The van der Waals surface area contributed by atoms with E-state index >= 15 is 0 Å². The molecule has 23 heavy (non-hydrogen) atoms. The molecule has 1 heterocycles. The van der Waals surface area contributed by atoms with Gasteiger partial charge in [-0.15, -0.1) is 6.58 Å². The summed E-state index contributed by atoms with van der Waals surface area (Å²) in [5.74, 6) is 0.951. The number of aromatic nitrogens is 1. The predicted octanol–water partition coefficient (Wildman–Crippen LogP) is 3.49. The third kappa shape index (κ3) is 5.02. The Morgan fingerprint density at radius 2 is 2.00 bits per heavy atom. The molecule has 0 saturated carbocycles. The van der Waals surface area contributed by atoms with Crippen LogP contribution in [0.15, 0.2) is 61.4 Å². The second-order valence-electron chi connectivity index (χ2n) is 5.27. The molecule has 2 rings (SSSR count). The molecule has 1 aromatic heterocycles. The lowest BCUT2D eigenvalue weighted by Crippen LogP contribution is -2.31. The van der Waals surface area contributed by atoms with Crippen LogP contribution in [0.4, 0.5) is 0 Å². The molecule has 0 fully saturated rings. The average molecular weight is 312 g/mol. The fourth-order valence-electron chi connectivity index (χ4n) is 2.45. The molecule has 0 aliphatic heterocycles. The van der Waals surface area contributed by atoms with E-state index in [1.54, 1.807) is 6.08 Å². The summed E-state index contributed by atoms with van der Waals surface area (Å²) in [5, 5.41) is 0. The van der Waals surface area contributed by atoms with Crippen molar-refractivity contribution in [1.82, 2.24) is 9.47 Å². The van der Waals surface area contributed by atoms with Crippen molar-refractivity contribution in [3.8, 4) is 5.75 Å². The Kier molecular flexibility index (Phi) is 6.48. The number of rotatable bonds is 9. The summed E-state index contributed by atoms with van der Waals surface area (Å²) in [7, 11) is 0. The highest BCUT2D eigenvalue weighted by atomic mass is 16.5. The first kappa shape index (κ1) is 16.9. The molecule has 2 aromatic rings. The highest BCUT2D eigenvalue weighted by Gasteiger charge is 2.14. The SMILES string of the molecule is C=CCN(Cc1ccccc1OCC)C(=O)CCn1cccc1. The topological polar surface area (TPSA) is 34.5 Å². The summed E-state index contributed by atoms with van der Waals surface area (Å²) in [6.45, 7) is 8.09. The average Bonchev–Trinajstić information content (AvgIpc) is 3.07. The molecule has 122 valence electrons. The Balaban J connectivity index is 2.02. The van der Waals surface area contributed by atoms with E-state index in [-0.39, 0.29) is 5.91 Å². The van der Waals surface area contributed by atoms with Crippen LogP contribution in [0.5, 0.6) is 5.75 Å². The zero-order valence-corrected chi connectivity index (χ0v) is 13.6. The van der Waals surface area contributed by atoms with E-state index in [1.807, 2.05) is 65.2 Å². The van der Waals surface area contributed by atoms with Gasteiger partial charge in [-0.05, 0) is 25.1 Å². The summed E-state index contributed by atoms with van der Waals surface area (Å²) >= 11 is 0. The minimum atomic E-state index is 0.116. The maximum atomic E-state index is 12.5. The van der Waals surface area contributed by atoms with E-state index in [0.29, 0.717) is 32.7 Å². The highest BCUT2D eigenvalue weighted by molar-refractivity contribution is 5.76. The van der Waals surface area contributed by atoms with Gasteiger partial charge in [-0.3, -0.25) is 4.79 Å². The van der Waals surface area contributed by atoms with E-state index in [0.717, 1.165) is 11.3 Å². The summed E-state index contributed by atoms with van der Waals surface area (Å²) in [6, 6.07) is 11.8. The molecule has 0 aliphatic carbocycles. The molecule has 4 nitrogen and oxygen atoms in total. The third-order valence-corrected chi connectivity index (χ3v) is 3.59. The Hall–Kier alpha value is -2.49. The zero-order valence-electron chi connectivity index (χ0n) is 13.6. The minimum absolute atomic E-state index is 0.116. The number of hydrogen-bond acceptors (Lipinski definition) is 2. The number of carbonyl (C=O) groups excluding carboxylic acids is 1. The molecule has 0 unspecified atom stereocenters. The minimum Gasteiger partial charge on any atom is -0.494 e. The van der Waals surface area contributed by atoms with Crippen LogP contribution in [-0.4, -0.2) is 28.5 Å². The van der Waals surface area contributed by atoms with Crippen molar-refractivity contribution >= 4 is 5.91 Å². The molecule has 0 atom stereocenters. The van der Waals surface area contributed by atoms with Crippen LogP contribution in [0, 0.1) is 0 Å². The number of hydrogen-bond donors (Lipinski definition) is 0. The van der Waals surface area contributed by atoms with Crippen molar-refractivity contribution in [2.75, 3.05) is 13.2 Å². The monoisotopic (exact) mass is 312 g/mol. The normalized spacial score (nSPS) is 10.3. The maximum Gasteiger partial charge on any atom is 0.224 e. The van der Waals surface area contributed by atoms with E-state index in [9.17, 15) is 4.79 Å². The first-order chi connectivity index (χ1) is 11.2. The van der Waals surface area contributed by atoms with Crippen LogP contribution in [-0.2, 0) is 17.9 Å². The molecular weight excluding hydrogens is 288 g/mol. The Morgan fingerprint density at radius 1 is 1.26 bits per heavy atom. The fraction of sp³-hybridized carbons (Fsp3) is 0.316. The lowest BCUT2D eigenvalue weighted by molar-refractivity contribution is -0.131. The molecule has 0 N–H and O–H groups in total. The number of nitrogens with zero attached hydrogens (tertiary/aromatic N) is 2. The number of carbonyl (C=O) groups is 1. The summed E-state index contributed by atoms with van der Waals surface area (Å²) in [6.07, 6.45) is 6.17. The first-order valence-electron chi connectivity index (χ1n) is 7.94. The van der Waals surface area contributed by atoms with Gasteiger partial charge in [-0.1, -0.05) is 24.3 Å². The third-order valence-electron chi connectivity index (χ3n) is 3.59. The molecule has 0 bridgehead atoms. The number of ether oxygens (including phenoxy) is 1. The van der Waals surface area contributed by atoms with Crippen LogP contribution < -0.4 is 4.74 Å². The van der Waals surface area contributed by atoms with Gasteiger partial charge in [0.1, 0.15) is 5.75 Å². The lowest BCUT2D eigenvalue weighted by Gasteiger charge is -2.23. The quantitative estimate of drug-likeness (QED) is 0.664. The van der Waals surface area contributed by atoms with Crippen molar-refractivity contribution < 1.29 is 9.53 Å². The van der Waals surface area contributed by atoms with E-state index < -0.39 is 0 Å². The summed E-state index contributed by atoms with van der Waals surface area (Å²) in [4.78, 5) is 14.3. The summed E-state index contributed by atoms with van der Waals surface area (Å²) < 4.78 is 7.66. The van der Waals surface area contributed by atoms with Gasteiger partial charge in [0.15, 0.2) is 0 Å². The van der Waals surface area contributed by atoms with E-state index in [1.165, 1.54) is 0 Å². The van der Waals surface area contributed by atoms with Crippen LogP contribution in [0.25, 0.3) is 0 Å². The summed E-state index contributed by atoms with van der Waals surface area (Å²) in [5.41, 5.74) is 1.02. The molecule has 0 radical (unpaired) electrons. The molecule has 0 spiro atoms. The van der Waals surface area contributed by atoms with Gasteiger partial charge < -0.3 is 14.2 Å². The van der Waals surface area contributed by atoms with Gasteiger partial charge >= 0.3 is 0 Å². The number of amides is 1. The second kappa shape index (κ2) is 8.83. The van der Waals surface area contributed by atoms with Crippen LogP contribution in [0.1, 0.15) is 18.9 Å². The molecule has 1 amide bonds. The number of para-hydroxylation sites is 1. The molecule has 4 heteroatoms. The molecule has 0 aliphatic rings. The Labute approximate surface area is 138 Å². The smallest absolute Gasteiger partial charge is 0.224 e. The zero-order chi connectivity index (χ0) is 16.5. The van der Waals surface area contributed by atoms with Crippen molar-refractivity contribution in [1.29, 1.82) is 0 Å². The van der Waals surface area contributed by atoms with Crippen molar-refractivity contribution in [3.05, 3.63) is 67.0 Å². The number of aryl methyl sites for hydroxylation is 1. The Morgan fingerprint density at radius 3 is 2.70 bits per heavy atom. The van der Waals surface area contributed by atoms with Crippen LogP contribution in [0.2, 0.25) is 0 Å². The Bertz CT molecular complexity index is 620. The maximum absolute atomic E-state index is 12.5. The first-order valence-corrected chi connectivity index (χ1v) is 7.94.